The third-order valence-electron chi connectivity index (χ3n) is 7.92. The van der Waals surface area contributed by atoms with E-state index in [-0.39, 0.29) is 22.6 Å². The number of aromatic nitrogens is 2. The molecule has 5 rings (SSSR count). The van der Waals surface area contributed by atoms with Gasteiger partial charge in [0, 0.05) is 29.3 Å². The summed E-state index contributed by atoms with van der Waals surface area (Å²) in [7, 11) is 0. The molecule has 0 bridgehead atoms. The Morgan fingerprint density at radius 2 is 1.88 bits per heavy atom. The molecule has 1 saturated carbocycles. The molecule has 1 aromatic carbocycles. The Labute approximate surface area is 202 Å². The zero-order chi connectivity index (χ0) is 23.9. The summed E-state index contributed by atoms with van der Waals surface area (Å²) in [5.41, 5.74) is 8.00. The van der Waals surface area contributed by atoms with Crippen molar-refractivity contribution in [2.75, 3.05) is 12.0 Å². The van der Waals surface area contributed by atoms with Crippen LogP contribution in [0.1, 0.15) is 96.2 Å². The molecule has 1 atom stereocenters. The normalized spacial score (nSPS) is 22.9. The van der Waals surface area contributed by atoms with Crippen LogP contribution >= 0.6 is 0 Å². The molecule has 6 nitrogen and oxygen atoms in total. The van der Waals surface area contributed by atoms with Crippen LogP contribution in [0.4, 0.5) is 5.95 Å². The van der Waals surface area contributed by atoms with Crippen molar-refractivity contribution in [3.8, 4) is 11.3 Å². The summed E-state index contributed by atoms with van der Waals surface area (Å²) in [5, 5.41) is 4.46. The Morgan fingerprint density at radius 1 is 1.15 bits per heavy atom. The average molecular weight is 463 g/mol. The first-order chi connectivity index (χ1) is 16.3. The van der Waals surface area contributed by atoms with Crippen LogP contribution in [0.15, 0.2) is 34.2 Å². The summed E-state index contributed by atoms with van der Waals surface area (Å²) in [4.78, 5) is 19.8. The van der Waals surface area contributed by atoms with Gasteiger partial charge in [-0.2, -0.15) is 5.10 Å². The van der Waals surface area contributed by atoms with Gasteiger partial charge in [0.2, 0.25) is 5.95 Å². The molecule has 2 heterocycles. The molecular weight excluding hydrogens is 424 g/mol. The molecule has 0 radical (unpaired) electrons. The topological polar surface area (TPSA) is 68.5 Å². The van der Waals surface area contributed by atoms with E-state index in [1.807, 2.05) is 18.4 Å². The fourth-order valence-electron chi connectivity index (χ4n) is 6.40. The Hall–Kier alpha value is -2.47. The van der Waals surface area contributed by atoms with Crippen molar-refractivity contribution in [3.63, 3.8) is 0 Å². The molecular formula is C28H38N4O2. The Balaban J connectivity index is 1.77. The molecule has 1 spiro atoms. The number of nitrogens with zero attached hydrogens (tertiary/aromatic N) is 3. The number of hydrogen-bond acceptors (Lipinski definition) is 5. The fraction of sp³-hybridized carbons (Fsp3) is 0.607. The standard InChI is InChI=1S/C28H38N4O2/c1-19(2)30-31-26-29-24-22-12-8-7-11-20(22)17-28(14-9-5-6-10-15-28)23(24)25(33)32(26)21-13-16-34-27(3,4)18-21/h7-8,11-12,21H,5-6,9-10,13-18H2,1-4H3,(H,29,31). The van der Waals surface area contributed by atoms with Gasteiger partial charge in [-0.3, -0.25) is 9.36 Å². The molecule has 2 aliphatic carbocycles. The predicted molar refractivity (Wildman–Crippen MR) is 138 cm³/mol. The molecule has 1 aliphatic heterocycles. The SMILES string of the molecule is CC(C)=NNc1nc2c(c(=O)n1C1CCOC(C)(C)C1)C1(CCCCCC1)Cc1ccccc1-2. The van der Waals surface area contributed by atoms with Gasteiger partial charge in [0.1, 0.15) is 0 Å². The lowest BCUT2D eigenvalue weighted by Gasteiger charge is -2.41. The first-order valence-electron chi connectivity index (χ1n) is 13.0. The van der Waals surface area contributed by atoms with E-state index < -0.39 is 0 Å². The van der Waals surface area contributed by atoms with E-state index in [2.05, 4.69) is 48.6 Å². The highest BCUT2D eigenvalue weighted by Crippen LogP contribution is 2.48. The van der Waals surface area contributed by atoms with Crippen molar-refractivity contribution in [1.29, 1.82) is 0 Å². The first kappa shape index (κ1) is 23.3. The van der Waals surface area contributed by atoms with Crippen LogP contribution in [0.3, 0.4) is 0 Å². The number of anilines is 1. The molecule has 2 aromatic rings. The summed E-state index contributed by atoms with van der Waals surface area (Å²) in [5.74, 6) is 0.549. The van der Waals surface area contributed by atoms with Gasteiger partial charge < -0.3 is 4.74 Å². The van der Waals surface area contributed by atoms with Crippen molar-refractivity contribution in [3.05, 3.63) is 45.7 Å². The number of fused-ring (bicyclic) bond motifs is 4. The third-order valence-corrected chi connectivity index (χ3v) is 7.92. The lowest BCUT2D eigenvalue weighted by atomic mass is 9.65. The average Bonchev–Trinajstić information content (AvgIpc) is 3.02. The highest BCUT2D eigenvalue weighted by Gasteiger charge is 2.44. The predicted octanol–water partition coefficient (Wildman–Crippen LogP) is 6.00. The molecule has 34 heavy (non-hydrogen) atoms. The van der Waals surface area contributed by atoms with Crippen molar-refractivity contribution >= 4 is 11.7 Å². The van der Waals surface area contributed by atoms with E-state index in [4.69, 9.17) is 9.72 Å². The van der Waals surface area contributed by atoms with Gasteiger partial charge in [-0.1, -0.05) is 49.9 Å². The Morgan fingerprint density at radius 3 is 2.59 bits per heavy atom. The lowest BCUT2D eigenvalue weighted by molar-refractivity contribution is -0.0694. The number of hydrazone groups is 1. The van der Waals surface area contributed by atoms with Crippen LogP contribution < -0.4 is 11.0 Å². The number of benzene rings is 1. The van der Waals surface area contributed by atoms with Gasteiger partial charge in [-0.25, -0.2) is 10.4 Å². The Bertz CT molecular complexity index is 1150. The van der Waals surface area contributed by atoms with Crippen LogP contribution in [0.2, 0.25) is 0 Å². The minimum atomic E-state index is -0.272. The quantitative estimate of drug-likeness (QED) is 0.449. The Kier molecular flexibility index (Phi) is 6.13. The van der Waals surface area contributed by atoms with Crippen molar-refractivity contribution in [2.45, 2.75) is 103 Å². The highest BCUT2D eigenvalue weighted by molar-refractivity contribution is 5.79. The molecule has 1 aromatic heterocycles. The van der Waals surface area contributed by atoms with E-state index in [9.17, 15) is 4.79 Å². The number of rotatable bonds is 3. The summed E-state index contributed by atoms with van der Waals surface area (Å²) in [6, 6.07) is 8.56. The minimum absolute atomic E-state index is 0.0314. The van der Waals surface area contributed by atoms with Crippen molar-refractivity contribution in [2.24, 2.45) is 5.10 Å². The van der Waals surface area contributed by atoms with E-state index in [0.717, 1.165) is 54.6 Å². The van der Waals surface area contributed by atoms with Gasteiger partial charge in [-0.15, -0.1) is 0 Å². The van der Waals surface area contributed by atoms with Gasteiger partial charge >= 0.3 is 0 Å². The second-order valence-electron chi connectivity index (χ2n) is 11.3. The van der Waals surface area contributed by atoms with Crippen LogP contribution in [-0.4, -0.2) is 27.5 Å². The molecule has 1 N–H and O–H groups in total. The summed E-state index contributed by atoms with van der Waals surface area (Å²) >= 11 is 0. The largest absolute Gasteiger partial charge is 0.375 e. The lowest BCUT2D eigenvalue weighted by Crippen LogP contribution is -2.45. The summed E-state index contributed by atoms with van der Waals surface area (Å²) < 4.78 is 7.92. The van der Waals surface area contributed by atoms with Crippen molar-refractivity contribution < 1.29 is 4.74 Å². The first-order valence-corrected chi connectivity index (χ1v) is 13.0. The molecule has 0 amide bonds. The van der Waals surface area contributed by atoms with Crippen LogP contribution in [0.25, 0.3) is 11.3 Å². The smallest absolute Gasteiger partial charge is 0.259 e. The maximum atomic E-state index is 14.6. The third kappa shape index (κ3) is 4.21. The van der Waals surface area contributed by atoms with Crippen LogP contribution in [0, 0.1) is 0 Å². The maximum Gasteiger partial charge on any atom is 0.259 e. The van der Waals surface area contributed by atoms with Crippen molar-refractivity contribution in [1.82, 2.24) is 9.55 Å². The molecule has 3 aliphatic rings. The van der Waals surface area contributed by atoms with Gasteiger partial charge in [0.15, 0.2) is 0 Å². The van der Waals surface area contributed by atoms with E-state index in [0.29, 0.717) is 12.6 Å². The summed E-state index contributed by atoms with van der Waals surface area (Å²) in [6.45, 7) is 8.76. The highest BCUT2D eigenvalue weighted by atomic mass is 16.5. The molecule has 1 unspecified atom stereocenters. The number of nitrogens with one attached hydrogen (secondary N) is 1. The maximum absolute atomic E-state index is 14.6. The second kappa shape index (κ2) is 8.95. The van der Waals surface area contributed by atoms with Gasteiger partial charge in [0.25, 0.3) is 5.56 Å². The van der Waals surface area contributed by atoms with E-state index in [1.54, 1.807) is 0 Å². The van der Waals surface area contributed by atoms with Gasteiger partial charge in [0.05, 0.1) is 16.9 Å². The number of ether oxygens (including phenoxy) is 1. The molecule has 182 valence electrons. The van der Waals surface area contributed by atoms with E-state index >= 15 is 0 Å². The van der Waals surface area contributed by atoms with Crippen LogP contribution in [-0.2, 0) is 16.6 Å². The minimum Gasteiger partial charge on any atom is -0.375 e. The van der Waals surface area contributed by atoms with Crippen LogP contribution in [0.5, 0.6) is 0 Å². The molecule has 6 heteroatoms. The fourth-order valence-corrected chi connectivity index (χ4v) is 6.40. The zero-order valence-electron chi connectivity index (χ0n) is 21.1. The zero-order valence-corrected chi connectivity index (χ0v) is 21.1. The monoisotopic (exact) mass is 462 g/mol. The molecule has 2 fully saturated rings. The number of hydrogen-bond donors (Lipinski definition) is 1. The molecule has 1 saturated heterocycles. The van der Waals surface area contributed by atoms with Gasteiger partial charge in [-0.05, 0) is 65.4 Å². The second-order valence-corrected chi connectivity index (χ2v) is 11.3. The van der Waals surface area contributed by atoms with E-state index in [1.165, 1.54) is 31.2 Å². The summed E-state index contributed by atoms with van der Waals surface area (Å²) in [6.07, 6.45) is 9.47.